The summed E-state index contributed by atoms with van der Waals surface area (Å²) >= 11 is 0. The molecule has 10 heteroatoms. The number of aromatic nitrogens is 2. The summed E-state index contributed by atoms with van der Waals surface area (Å²) in [6.07, 6.45) is 2.19. The zero-order valence-electron chi connectivity index (χ0n) is 27.5. The molecular weight excluding hydrogens is 603 g/mol. The van der Waals surface area contributed by atoms with Crippen molar-refractivity contribution in [2.75, 3.05) is 11.9 Å². The van der Waals surface area contributed by atoms with Gasteiger partial charge in [-0.1, -0.05) is 94.8 Å². The Morgan fingerprint density at radius 3 is 2.34 bits per heavy atom. The van der Waals surface area contributed by atoms with Crippen LogP contribution < -0.4 is 10.6 Å². The van der Waals surface area contributed by atoms with Crippen molar-refractivity contribution in [2.45, 2.75) is 84.3 Å². The molecule has 1 aliphatic rings. The highest BCUT2D eigenvalue weighted by molar-refractivity contribution is 6.13. The van der Waals surface area contributed by atoms with Crippen molar-refractivity contribution in [2.24, 2.45) is 10.9 Å². The second-order valence-electron chi connectivity index (χ2n) is 11.9. The van der Waals surface area contributed by atoms with Crippen molar-refractivity contribution in [3.8, 4) is 0 Å². The van der Waals surface area contributed by atoms with Crippen LogP contribution in [0.3, 0.4) is 0 Å². The van der Waals surface area contributed by atoms with Gasteiger partial charge in [0, 0.05) is 29.2 Å². The summed E-state index contributed by atoms with van der Waals surface area (Å²) in [6, 6.07) is 14.9. The van der Waals surface area contributed by atoms with Crippen LogP contribution in [0.25, 0.3) is 5.57 Å². The molecule has 4 rings (SSSR count). The number of benzene rings is 2. The summed E-state index contributed by atoms with van der Waals surface area (Å²) in [5, 5.41) is 6.56. The molecule has 2 N–H and O–H groups in total. The molecule has 250 valence electrons. The number of nitrogens with zero attached hydrogens (tertiary/aromatic N) is 3. The molecule has 3 aromatic rings. The van der Waals surface area contributed by atoms with E-state index in [-0.39, 0.29) is 30.6 Å². The predicted molar refractivity (Wildman–Crippen MR) is 181 cm³/mol. The van der Waals surface area contributed by atoms with Crippen molar-refractivity contribution >= 4 is 22.9 Å². The lowest BCUT2D eigenvalue weighted by Gasteiger charge is -2.31. The number of amides is 1. The average Bonchev–Trinajstić information content (AvgIpc) is 3.06. The average molecular weight is 648 g/mol. The molecule has 0 saturated heterocycles. The minimum atomic E-state index is -4.48. The molecule has 4 atom stereocenters. The maximum Gasteiger partial charge on any atom is 0.411 e. The van der Waals surface area contributed by atoms with Crippen LogP contribution in [0.5, 0.6) is 0 Å². The fourth-order valence-electron chi connectivity index (χ4n) is 5.56. The van der Waals surface area contributed by atoms with Gasteiger partial charge in [0.25, 0.3) is 0 Å². The Kier molecular flexibility index (Phi) is 12.6. The van der Waals surface area contributed by atoms with Gasteiger partial charge in [-0.05, 0) is 54.9 Å². The zero-order valence-corrected chi connectivity index (χ0v) is 27.5. The number of anilines is 1. The summed E-state index contributed by atoms with van der Waals surface area (Å²) in [5.41, 5.74) is 4.31. The highest BCUT2D eigenvalue weighted by atomic mass is 19.4. The van der Waals surface area contributed by atoms with Crippen LogP contribution in [0.1, 0.15) is 75.4 Å². The van der Waals surface area contributed by atoms with E-state index in [9.17, 15) is 18.0 Å². The van der Waals surface area contributed by atoms with E-state index in [0.717, 1.165) is 36.0 Å². The van der Waals surface area contributed by atoms with Gasteiger partial charge in [0.1, 0.15) is 18.1 Å². The van der Waals surface area contributed by atoms with Gasteiger partial charge in [0.15, 0.2) is 0 Å². The van der Waals surface area contributed by atoms with Crippen molar-refractivity contribution in [1.29, 1.82) is 0 Å². The molecule has 2 heterocycles. The van der Waals surface area contributed by atoms with Gasteiger partial charge in [-0.2, -0.15) is 13.2 Å². The molecule has 0 spiro atoms. The third kappa shape index (κ3) is 9.68. The van der Waals surface area contributed by atoms with Gasteiger partial charge in [0.05, 0.1) is 18.4 Å². The number of alkyl halides is 3. The monoisotopic (exact) mass is 647 g/mol. The van der Waals surface area contributed by atoms with Gasteiger partial charge in [0.2, 0.25) is 5.91 Å². The molecule has 7 nitrogen and oxygen atoms in total. The first-order valence-electron chi connectivity index (χ1n) is 16.2. The standard InChI is InChI=1S/C37H44F3N5O2/c1-6-13-24(3)36(47-23-28-19-20-33(37(38,39)40)45-34(28)29-21-41-26(5)42-22-29)44-32(14-7-2)35(46)43-31-18-12-11-17-30(31)25(4)27-15-9-8-10-16-27/h8-12,15-19,21-22,24,32-33,36,44H,4,6-7,13-14,20,23H2,1-3,5H3,(H,43,46). The second kappa shape index (κ2) is 16.6. The number of carbonyl (C=O) groups is 1. The molecule has 0 bridgehead atoms. The van der Waals surface area contributed by atoms with Crippen LogP contribution in [-0.2, 0) is 9.53 Å². The number of hydrogen-bond acceptors (Lipinski definition) is 6. The molecule has 4 unspecified atom stereocenters. The van der Waals surface area contributed by atoms with Crippen LogP contribution in [0.4, 0.5) is 18.9 Å². The fraction of sp³-hybridized carbons (Fsp3) is 0.405. The number of carbonyl (C=O) groups excluding carboxylic acids is 1. The highest BCUT2D eigenvalue weighted by Crippen LogP contribution is 2.31. The van der Waals surface area contributed by atoms with E-state index in [4.69, 9.17) is 4.74 Å². The van der Waals surface area contributed by atoms with E-state index in [2.05, 4.69) is 39.1 Å². The number of aliphatic imine (C=N–C) groups is 1. The normalized spacial score (nSPS) is 16.9. The minimum absolute atomic E-state index is 0.00318. The summed E-state index contributed by atoms with van der Waals surface area (Å²) < 4.78 is 47.4. The van der Waals surface area contributed by atoms with Crippen LogP contribution in [0.2, 0.25) is 0 Å². The zero-order chi connectivity index (χ0) is 34.0. The maximum atomic E-state index is 13.8. The number of halogens is 3. The number of rotatable bonds is 15. The predicted octanol–water partition coefficient (Wildman–Crippen LogP) is 8.07. The Hall–Kier alpha value is -4.15. The summed E-state index contributed by atoms with van der Waals surface area (Å²) in [7, 11) is 0. The smallest absolute Gasteiger partial charge is 0.358 e. The Bertz CT molecular complexity index is 1550. The van der Waals surface area contributed by atoms with Crippen LogP contribution in [-0.4, -0.2) is 52.7 Å². The van der Waals surface area contributed by atoms with Gasteiger partial charge in [-0.25, -0.2) is 9.97 Å². The number of para-hydroxylation sites is 1. The lowest BCUT2D eigenvalue weighted by atomic mass is 9.97. The Balaban J connectivity index is 1.54. The lowest BCUT2D eigenvalue weighted by Crippen LogP contribution is -2.49. The van der Waals surface area contributed by atoms with Crippen molar-refractivity contribution in [1.82, 2.24) is 15.3 Å². The molecule has 0 radical (unpaired) electrons. The van der Waals surface area contributed by atoms with E-state index in [0.29, 0.717) is 29.1 Å². The van der Waals surface area contributed by atoms with Crippen LogP contribution in [0, 0.1) is 12.8 Å². The van der Waals surface area contributed by atoms with Gasteiger partial charge in [-0.3, -0.25) is 15.1 Å². The van der Waals surface area contributed by atoms with E-state index in [1.165, 1.54) is 18.5 Å². The first-order chi connectivity index (χ1) is 22.5. The molecule has 0 aliphatic carbocycles. The van der Waals surface area contributed by atoms with E-state index < -0.39 is 24.5 Å². The van der Waals surface area contributed by atoms with E-state index >= 15 is 0 Å². The molecule has 2 aromatic carbocycles. The third-order valence-electron chi connectivity index (χ3n) is 8.18. The van der Waals surface area contributed by atoms with Crippen molar-refractivity contribution in [3.63, 3.8) is 0 Å². The number of aryl methyl sites for hydroxylation is 1. The number of hydrogen-bond donors (Lipinski definition) is 2. The number of nitrogens with one attached hydrogen (secondary N) is 2. The molecular formula is C37H44F3N5O2. The molecule has 0 fully saturated rings. The summed E-state index contributed by atoms with van der Waals surface area (Å²) in [4.78, 5) is 26.2. The van der Waals surface area contributed by atoms with Crippen molar-refractivity contribution in [3.05, 3.63) is 108 Å². The summed E-state index contributed by atoms with van der Waals surface area (Å²) in [5.74, 6) is 0.304. The molecule has 47 heavy (non-hydrogen) atoms. The van der Waals surface area contributed by atoms with Gasteiger partial charge < -0.3 is 10.1 Å². The van der Waals surface area contributed by atoms with Gasteiger partial charge >= 0.3 is 6.18 Å². The minimum Gasteiger partial charge on any atom is -0.358 e. The fourth-order valence-corrected chi connectivity index (χ4v) is 5.56. The molecule has 1 amide bonds. The Morgan fingerprint density at radius 1 is 1.02 bits per heavy atom. The first kappa shape index (κ1) is 35.7. The topological polar surface area (TPSA) is 88.5 Å². The molecule has 1 aromatic heterocycles. The maximum absolute atomic E-state index is 13.8. The molecule has 0 saturated carbocycles. The first-order valence-corrected chi connectivity index (χ1v) is 16.2. The SMILES string of the molecule is C=C(c1ccccc1)c1ccccc1NC(=O)C(CCC)NC(OCC1=CCC(C(F)(F)F)N=C1c1cnc(C)nc1)C(C)CCC. The van der Waals surface area contributed by atoms with Crippen LogP contribution >= 0.6 is 0 Å². The number of dihydropyridines is 1. The van der Waals surface area contributed by atoms with Crippen LogP contribution in [0.15, 0.2) is 90.2 Å². The Labute approximate surface area is 275 Å². The number of ether oxygens (including phenoxy) is 1. The Morgan fingerprint density at radius 2 is 1.68 bits per heavy atom. The summed E-state index contributed by atoms with van der Waals surface area (Å²) in [6.45, 7) is 12.1. The molecule has 1 aliphatic heterocycles. The van der Waals surface area contributed by atoms with E-state index in [1.807, 2.05) is 68.4 Å². The van der Waals surface area contributed by atoms with Crippen molar-refractivity contribution < 1.29 is 22.7 Å². The van der Waals surface area contributed by atoms with E-state index in [1.54, 1.807) is 6.92 Å². The van der Waals surface area contributed by atoms with Gasteiger partial charge in [-0.15, -0.1) is 0 Å². The quantitative estimate of drug-likeness (QED) is 0.163. The second-order valence-corrected chi connectivity index (χ2v) is 11.9. The third-order valence-corrected chi connectivity index (χ3v) is 8.18. The highest BCUT2D eigenvalue weighted by Gasteiger charge is 2.41. The lowest BCUT2D eigenvalue weighted by molar-refractivity contribution is -0.146. The largest absolute Gasteiger partial charge is 0.411 e.